The molecule has 0 radical (unpaired) electrons. The highest BCUT2D eigenvalue weighted by molar-refractivity contribution is 7.81. The van der Waals surface area contributed by atoms with Gasteiger partial charge in [0.1, 0.15) is 24.4 Å². The van der Waals surface area contributed by atoms with Crippen LogP contribution in [0, 0.1) is 0 Å². The van der Waals surface area contributed by atoms with Crippen molar-refractivity contribution in [2.24, 2.45) is 0 Å². The molecule has 0 aliphatic heterocycles. The quantitative estimate of drug-likeness (QED) is 0.0261. The van der Waals surface area contributed by atoms with Gasteiger partial charge < -0.3 is 55.5 Å². The van der Waals surface area contributed by atoms with Gasteiger partial charge in [-0.15, -0.1) is 0 Å². The van der Waals surface area contributed by atoms with Gasteiger partial charge in [0, 0.05) is 38.2 Å². The van der Waals surface area contributed by atoms with Crippen molar-refractivity contribution in [1.82, 2.24) is 0 Å². The number of phenolic OH excluding ortho intramolecular Hbond substituents is 1. The first kappa shape index (κ1) is 58.3. The molecule has 0 spiro atoms. The first-order chi connectivity index (χ1) is 38.2. The Balaban J connectivity index is 0.000000274. The Morgan fingerprint density at radius 3 is 1.41 bits per heavy atom. The zero-order chi connectivity index (χ0) is 57.4. The molecule has 0 saturated heterocycles. The van der Waals surface area contributed by atoms with Gasteiger partial charge in [0.05, 0.1) is 10.8 Å². The largest absolute Gasteiger partial charge is 0.716 e. The molecule has 8 aromatic rings. The van der Waals surface area contributed by atoms with Crippen LogP contribution < -0.4 is 33.4 Å². The predicted molar refractivity (Wildman–Crippen MR) is 283 cm³/mol. The molecule has 0 aliphatic carbocycles. The van der Waals surface area contributed by atoms with Crippen molar-refractivity contribution in [3.63, 3.8) is 0 Å². The van der Waals surface area contributed by atoms with Crippen LogP contribution in [0.5, 0.6) is 34.5 Å². The molecule has 0 unspecified atom stereocenters. The zero-order valence-corrected chi connectivity index (χ0v) is 43.4. The summed E-state index contributed by atoms with van der Waals surface area (Å²) in [5.41, 5.74) is 0.875. The summed E-state index contributed by atoms with van der Waals surface area (Å²) >= 11 is 0. The number of carboxylic acid groups (broad SMARTS) is 1. The van der Waals surface area contributed by atoms with Crippen molar-refractivity contribution in [2.45, 2.75) is 64.6 Å². The number of hydrogen-bond acceptors (Lipinski definition) is 21. The minimum Gasteiger partial charge on any atom is -0.716 e. The van der Waals surface area contributed by atoms with Gasteiger partial charge in [-0.25, -0.2) is 16.8 Å². The summed E-state index contributed by atoms with van der Waals surface area (Å²) in [6, 6.07) is 37.7. The van der Waals surface area contributed by atoms with Crippen molar-refractivity contribution in [2.75, 3.05) is 0 Å². The van der Waals surface area contributed by atoms with E-state index >= 15 is 0 Å². The molecule has 0 saturated carbocycles. The fraction of sp³-hybridized carbons (Fsp3) is 0.179. The number of aromatic hydroxyl groups is 1. The molecule has 0 fully saturated rings. The van der Waals surface area contributed by atoms with Gasteiger partial charge in [-0.1, -0.05) is 84.9 Å². The number of benzene rings is 6. The van der Waals surface area contributed by atoms with Gasteiger partial charge in [-0.3, -0.25) is 28.8 Å². The van der Waals surface area contributed by atoms with Crippen LogP contribution >= 0.6 is 0 Å². The molecule has 22 nitrogen and oxygen atoms in total. The van der Waals surface area contributed by atoms with E-state index in [1.807, 2.05) is 36.4 Å². The lowest BCUT2D eigenvalue weighted by atomic mass is 10.1. The van der Waals surface area contributed by atoms with E-state index in [1.54, 1.807) is 54.6 Å². The third kappa shape index (κ3) is 16.8. The van der Waals surface area contributed by atoms with E-state index in [1.165, 1.54) is 42.5 Å². The first-order valence-electron chi connectivity index (χ1n) is 24.1. The Morgan fingerprint density at radius 1 is 0.500 bits per heavy atom. The summed E-state index contributed by atoms with van der Waals surface area (Å²) in [6.07, 6.45) is 0.827. The summed E-state index contributed by atoms with van der Waals surface area (Å²) < 4.78 is 109. The maximum absolute atomic E-state index is 13.5. The number of fused-ring (bicyclic) bond motifs is 2. The summed E-state index contributed by atoms with van der Waals surface area (Å²) in [4.78, 5) is 74.4. The van der Waals surface area contributed by atoms with Crippen molar-refractivity contribution in [1.29, 1.82) is 0 Å². The van der Waals surface area contributed by atoms with Crippen molar-refractivity contribution in [3.8, 4) is 57.1 Å². The Labute approximate surface area is 456 Å². The molecule has 8 rings (SSSR count). The summed E-state index contributed by atoms with van der Waals surface area (Å²) in [5, 5.41) is 19.0. The van der Waals surface area contributed by atoms with Crippen molar-refractivity contribution in [3.05, 3.63) is 177 Å². The number of carboxylic acids is 1. The molecule has 6 aromatic carbocycles. The van der Waals surface area contributed by atoms with Gasteiger partial charge in [0.2, 0.25) is 22.4 Å². The fourth-order valence-corrected chi connectivity index (χ4v) is 8.27. The molecule has 0 bridgehead atoms. The lowest BCUT2D eigenvalue weighted by Gasteiger charge is -2.16. The molecule has 2 N–H and O–H groups in total. The second kappa shape index (κ2) is 26.8. The minimum atomic E-state index is -5.15. The molecular weight excluding hydrogens is 1090 g/mol. The number of phenols is 1. The number of para-hydroxylation sites is 2. The van der Waals surface area contributed by atoms with E-state index in [0.29, 0.717) is 12.8 Å². The molecule has 2 heterocycles. The SMILES string of the molecule is O=C(CCCCC(=O)Oc1c(-c2ccc(OS(=O)(=O)[O-])c(OCc3ccccc3)c2)oc2ccccc2c1=O)OCc1ccccc1.O=C(O)CCCCC(=O)Oc1c(-c2ccc(OS(=O)(=O)[O-])c(O)c2)oc2ccccc2c1=O.[HH]. The van der Waals surface area contributed by atoms with Gasteiger partial charge in [0.25, 0.3) is 20.8 Å². The van der Waals surface area contributed by atoms with Gasteiger partial charge in [-0.05, 0) is 97.5 Å². The molecule has 418 valence electrons. The van der Waals surface area contributed by atoms with Crippen LogP contribution in [0.1, 0.15) is 63.9 Å². The lowest BCUT2D eigenvalue weighted by Crippen LogP contribution is -2.16. The van der Waals surface area contributed by atoms with E-state index in [2.05, 4.69) is 8.37 Å². The Morgan fingerprint density at radius 2 is 0.925 bits per heavy atom. The number of hydrogen-bond donors (Lipinski definition) is 2. The fourth-order valence-electron chi connectivity index (χ4n) is 7.55. The molecular formula is C56H48O22S2-2. The van der Waals surface area contributed by atoms with E-state index in [-0.39, 0.29) is 109 Å². The molecule has 0 aliphatic rings. The number of carbonyl (C=O) groups excluding carboxylic acids is 3. The van der Waals surface area contributed by atoms with E-state index in [9.17, 15) is 59.8 Å². The van der Waals surface area contributed by atoms with Crippen molar-refractivity contribution >= 4 is 66.6 Å². The van der Waals surface area contributed by atoms with Crippen LogP contribution in [-0.4, -0.2) is 60.0 Å². The lowest BCUT2D eigenvalue weighted by molar-refractivity contribution is -0.145. The Kier molecular flexibility index (Phi) is 19.5. The second-order valence-electron chi connectivity index (χ2n) is 17.2. The number of rotatable bonds is 23. The van der Waals surface area contributed by atoms with Crippen LogP contribution in [0.25, 0.3) is 44.6 Å². The van der Waals surface area contributed by atoms with E-state index in [0.717, 1.165) is 23.3 Å². The van der Waals surface area contributed by atoms with Crippen LogP contribution in [0.3, 0.4) is 0 Å². The Bertz CT molecular complexity index is 3900. The molecule has 0 atom stereocenters. The third-order valence-electron chi connectivity index (χ3n) is 11.3. The highest BCUT2D eigenvalue weighted by atomic mass is 32.3. The highest BCUT2D eigenvalue weighted by Crippen LogP contribution is 2.39. The average Bonchev–Trinajstić information content (AvgIpc) is 3.44. The molecule has 24 heteroatoms. The first-order valence-corrected chi connectivity index (χ1v) is 26.8. The summed E-state index contributed by atoms with van der Waals surface area (Å²) in [7, 11) is -10.3. The van der Waals surface area contributed by atoms with Gasteiger partial charge in [-0.2, -0.15) is 0 Å². The maximum atomic E-state index is 13.5. The average molecular weight is 1140 g/mol. The topological polar surface area (TPSA) is 339 Å². The molecule has 2 aromatic heterocycles. The molecule has 0 amide bonds. The number of ether oxygens (including phenoxy) is 4. The monoisotopic (exact) mass is 1140 g/mol. The summed E-state index contributed by atoms with van der Waals surface area (Å²) in [5.74, 6) is -6.08. The smallest absolute Gasteiger partial charge is 0.311 e. The minimum absolute atomic E-state index is 0. The van der Waals surface area contributed by atoms with Gasteiger partial charge in [0.15, 0.2) is 34.5 Å². The van der Waals surface area contributed by atoms with Crippen LogP contribution in [-0.2, 0) is 57.9 Å². The number of aliphatic carboxylic acids is 1. The summed E-state index contributed by atoms with van der Waals surface area (Å²) in [6.45, 7) is 0.143. The van der Waals surface area contributed by atoms with Crippen LogP contribution in [0.2, 0.25) is 0 Å². The van der Waals surface area contributed by atoms with E-state index in [4.69, 9.17) is 32.9 Å². The van der Waals surface area contributed by atoms with Crippen molar-refractivity contribution < 1.29 is 92.9 Å². The standard InChI is InChI=1S/C35H30O11S.C21H18O11S.H2/c36-31(43-23-25-13-5-2-6-14-25)17-9-10-18-32(37)45-35-33(38)27-15-7-8-16-28(27)44-34(35)26-19-20-29(46-47(39,40)41)30(21-26)42-22-24-11-3-1-4-12-24;22-14-11-12(9-10-16(14)32-33(27,28)29)20-21(31-18(25)8-4-3-7-17(23)24)19(26)13-5-1-2-6-15(13)30-20;/h1-8,11-16,19-21H,9-10,17-18,22-23H2,(H,39,40,41);1-2,5-6,9-11,22H,3-4,7-8H2,(H,23,24)(H,27,28,29);1H/p-2. The predicted octanol–water partition coefficient (Wildman–Crippen LogP) is 8.89. The Hall–Kier alpha value is -9.36. The zero-order valence-electron chi connectivity index (χ0n) is 41.8. The second-order valence-corrected chi connectivity index (χ2v) is 19.1. The van der Waals surface area contributed by atoms with E-state index < -0.39 is 78.5 Å². The maximum Gasteiger partial charge on any atom is 0.311 e. The van der Waals surface area contributed by atoms with Crippen LogP contribution in [0.15, 0.2) is 164 Å². The number of unbranched alkanes of at least 4 members (excludes halogenated alkanes) is 2. The third-order valence-corrected chi connectivity index (χ3v) is 12.0. The number of carbonyl (C=O) groups is 4. The van der Waals surface area contributed by atoms with Crippen LogP contribution in [0.4, 0.5) is 0 Å². The normalized spacial score (nSPS) is 11.2. The highest BCUT2D eigenvalue weighted by Gasteiger charge is 2.24. The van der Waals surface area contributed by atoms with Gasteiger partial charge >= 0.3 is 23.9 Å². The number of esters is 3. The molecule has 80 heavy (non-hydrogen) atoms.